The molecule has 1 unspecified atom stereocenters. The Hall–Kier alpha value is -3.68. The van der Waals surface area contributed by atoms with Crippen molar-refractivity contribution >= 4 is 34.4 Å². The maximum Gasteiger partial charge on any atom is 0.329 e. The summed E-state index contributed by atoms with van der Waals surface area (Å²) in [6.07, 6.45) is 1.52. The van der Waals surface area contributed by atoms with Crippen LogP contribution in [0.4, 0.5) is 5.69 Å². The van der Waals surface area contributed by atoms with Crippen LogP contribution in [0.5, 0.6) is 0 Å². The van der Waals surface area contributed by atoms with Crippen molar-refractivity contribution in [2.24, 2.45) is 0 Å². The molecule has 1 atom stereocenters. The fourth-order valence-electron chi connectivity index (χ4n) is 4.67. The normalized spacial score (nSPS) is 18.4. The van der Waals surface area contributed by atoms with Gasteiger partial charge in [-0.15, -0.1) is 0 Å². The van der Waals surface area contributed by atoms with Gasteiger partial charge in [0.1, 0.15) is 0 Å². The molecule has 1 aliphatic rings. The van der Waals surface area contributed by atoms with Crippen molar-refractivity contribution < 1.29 is 14.4 Å². The number of benzene rings is 2. The van der Waals surface area contributed by atoms with Crippen molar-refractivity contribution in [3.63, 3.8) is 0 Å². The van der Waals surface area contributed by atoms with Gasteiger partial charge in [0.2, 0.25) is 17.7 Å². The average Bonchev–Trinajstić information content (AvgIpc) is 3.09. The molecule has 4 rings (SSSR count). The lowest BCUT2D eigenvalue weighted by molar-refractivity contribution is -0.138. The van der Waals surface area contributed by atoms with E-state index in [4.69, 9.17) is 0 Å². The maximum atomic E-state index is 12.7. The van der Waals surface area contributed by atoms with E-state index in [-0.39, 0.29) is 36.4 Å². The van der Waals surface area contributed by atoms with Gasteiger partial charge in [-0.2, -0.15) is 0 Å². The van der Waals surface area contributed by atoms with Crippen molar-refractivity contribution in [2.45, 2.75) is 58.0 Å². The Morgan fingerprint density at radius 1 is 1.00 bits per heavy atom. The molecule has 2 heterocycles. The Morgan fingerprint density at radius 3 is 2.27 bits per heavy atom. The highest BCUT2D eigenvalue weighted by Gasteiger charge is 2.42. The van der Waals surface area contributed by atoms with Gasteiger partial charge in [-0.05, 0) is 49.6 Å². The highest BCUT2D eigenvalue weighted by atomic mass is 16.2. The second kappa shape index (κ2) is 9.05. The number of carbonyl (C=O) groups excluding carboxylic acids is 3. The number of imide groups is 1. The predicted molar refractivity (Wildman–Crippen MR) is 126 cm³/mol. The number of fused-ring (bicyclic) bond motifs is 1. The van der Waals surface area contributed by atoms with Crippen molar-refractivity contribution in [3.05, 3.63) is 64.6 Å². The Morgan fingerprint density at radius 2 is 1.67 bits per heavy atom. The second-order valence-electron chi connectivity index (χ2n) is 8.36. The third-order valence-corrected chi connectivity index (χ3v) is 6.60. The van der Waals surface area contributed by atoms with Gasteiger partial charge in [0.15, 0.2) is 0 Å². The monoisotopic (exact) mass is 448 g/mol. The van der Waals surface area contributed by atoms with Gasteiger partial charge >= 0.3 is 5.69 Å². The molecular weight excluding hydrogens is 420 g/mol. The summed E-state index contributed by atoms with van der Waals surface area (Å²) >= 11 is 0. The van der Waals surface area contributed by atoms with Crippen LogP contribution in [0.15, 0.2) is 53.3 Å². The summed E-state index contributed by atoms with van der Waals surface area (Å²) in [5.74, 6) is -0.710. The van der Waals surface area contributed by atoms with E-state index in [0.717, 1.165) is 16.6 Å². The largest absolute Gasteiger partial charge is 0.329 e. The van der Waals surface area contributed by atoms with E-state index in [0.29, 0.717) is 31.5 Å². The van der Waals surface area contributed by atoms with Gasteiger partial charge < -0.3 is 5.32 Å². The van der Waals surface area contributed by atoms with Crippen LogP contribution in [0.2, 0.25) is 0 Å². The maximum absolute atomic E-state index is 12.7. The minimum absolute atomic E-state index is 0.120. The van der Waals surface area contributed by atoms with Crippen LogP contribution in [-0.4, -0.2) is 26.9 Å². The number of amides is 3. The van der Waals surface area contributed by atoms with Crippen LogP contribution in [-0.2, 0) is 32.9 Å². The summed E-state index contributed by atoms with van der Waals surface area (Å²) < 4.78 is 3.33. The summed E-state index contributed by atoms with van der Waals surface area (Å²) in [5.41, 5.74) is 2.27. The first kappa shape index (κ1) is 22.5. The van der Waals surface area contributed by atoms with Gasteiger partial charge in [-0.3, -0.25) is 28.8 Å². The van der Waals surface area contributed by atoms with Crippen molar-refractivity contribution in [1.82, 2.24) is 14.5 Å². The highest BCUT2D eigenvalue weighted by molar-refractivity contribution is 6.03. The molecule has 0 radical (unpaired) electrons. The van der Waals surface area contributed by atoms with Gasteiger partial charge in [0, 0.05) is 31.6 Å². The highest BCUT2D eigenvalue weighted by Crippen LogP contribution is 2.36. The minimum Gasteiger partial charge on any atom is -0.326 e. The standard InChI is InChI=1S/C25H28N4O4/c1-3-25(15-13-21(30)27-23(25)32)17-9-11-18(12-10-17)26-22(31)14-16-29-20-8-6-5-7-19(20)28(4-2)24(29)33/h5-12H,3-4,13-16H2,1-2H3,(H,26,31)(H,27,30,32). The number of hydrogen-bond donors (Lipinski definition) is 2. The number of carbonyl (C=O) groups is 3. The lowest BCUT2D eigenvalue weighted by Crippen LogP contribution is -2.51. The fraction of sp³-hybridized carbons (Fsp3) is 0.360. The number of hydrogen-bond acceptors (Lipinski definition) is 4. The van der Waals surface area contributed by atoms with Gasteiger partial charge in [0.05, 0.1) is 16.4 Å². The molecule has 3 aromatic rings. The Balaban J connectivity index is 1.45. The van der Waals surface area contributed by atoms with E-state index < -0.39 is 5.41 Å². The second-order valence-corrected chi connectivity index (χ2v) is 8.36. The van der Waals surface area contributed by atoms with Gasteiger partial charge in [0.25, 0.3) is 0 Å². The number of aryl methyl sites for hydroxylation is 2. The van der Waals surface area contributed by atoms with Crippen molar-refractivity contribution in [2.75, 3.05) is 5.32 Å². The molecule has 0 spiro atoms. The summed E-state index contributed by atoms with van der Waals surface area (Å²) in [7, 11) is 0. The predicted octanol–water partition coefficient (Wildman–Crippen LogP) is 2.94. The quantitative estimate of drug-likeness (QED) is 0.543. The van der Waals surface area contributed by atoms with E-state index in [1.165, 1.54) is 0 Å². The average molecular weight is 449 g/mol. The van der Waals surface area contributed by atoms with E-state index in [2.05, 4.69) is 10.6 Å². The van der Waals surface area contributed by atoms with Crippen LogP contribution >= 0.6 is 0 Å². The van der Waals surface area contributed by atoms with Crippen LogP contribution < -0.4 is 16.3 Å². The van der Waals surface area contributed by atoms with E-state index in [1.54, 1.807) is 21.3 Å². The Bertz CT molecular complexity index is 1270. The Labute approximate surface area is 191 Å². The molecule has 0 saturated carbocycles. The molecule has 8 heteroatoms. The summed E-state index contributed by atoms with van der Waals surface area (Å²) in [6, 6.07) is 14.8. The van der Waals surface area contributed by atoms with E-state index in [1.807, 2.05) is 50.2 Å². The zero-order valence-corrected chi connectivity index (χ0v) is 18.9. The lowest BCUT2D eigenvalue weighted by Gasteiger charge is -2.35. The summed E-state index contributed by atoms with van der Waals surface area (Å²) in [4.78, 5) is 49.4. The summed E-state index contributed by atoms with van der Waals surface area (Å²) in [6.45, 7) is 4.70. The van der Waals surface area contributed by atoms with E-state index in [9.17, 15) is 19.2 Å². The molecule has 172 valence electrons. The molecular formula is C25H28N4O4. The molecule has 8 nitrogen and oxygen atoms in total. The van der Waals surface area contributed by atoms with Crippen molar-refractivity contribution in [3.8, 4) is 0 Å². The number of imidazole rings is 1. The number of para-hydroxylation sites is 2. The fourth-order valence-corrected chi connectivity index (χ4v) is 4.67. The first-order chi connectivity index (χ1) is 15.9. The lowest BCUT2D eigenvalue weighted by atomic mass is 9.72. The van der Waals surface area contributed by atoms with Crippen LogP contribution in [0.3, 0.4) is 0 Å². The van der Waals surface area contributed by atoms with Gasteiger partial charge in [-0.25, -0.2) is 4.79 Å². The number of nitrogens with one attached hydrogen (secondary N) is 2. The number of aromatic nitrogens is 2. The zero-order chi connectivity index (χ0) is 23.6. The smallest absolute Gasteiger partial charge is 0.326 e. The molecule has 1 aliphatic heterocycles. The number of rotatable bonds is 7. The third-order valence-electron chi connectivity index (χ3n) is 6.60. The number of nitrogens with zero attached hydrogens (tertiary/aromatic N) is 2. The molecule has 2 N–H and O–H groups in total. The van der Waals surface area contributed by atoms with Crippen LogP contribution in [0.25, 0.3) is 11.0 Å². The first-order valence-electron chi connectivity index (χ1n) is 11.3. The molecule has 0 aliphatic carbocycles. The van der Waals surface area contributed by atoms with Gasteiger partial charge in [-0.1, -0.05) is 31.2 Å². The third kappa shape index (κ3) is 4.08. The van der Waals surface area contributed by atoms with Crippen LogP contribution in [0.1, 0.15) is 45.1 Å². The number of anilines is 1. The molecule has 1 fully saturated rings. The minimum atomic E-state index is -0.731. The summed E-state index contributed by atoms with van der Waals surface area (Å²) in [5, 5.41) is 5.31. The zero-order valence-electron chi connectivity index (χ0n) is 18.9. The SMILES string of the molecule is CCn1c(=O)n(CCC(=O)Nc2ccc(C3(CC)CCC(=O)NC3=O)cc2)c2ccccc21. The molecule has 0 bridgehead atoms. The molecule has 33 heavy (non-hydrogen) atoms. The first-order valence-corrected chi connectivity index (χ1v) is 11.3. The van der Waals surface area contributed by atoms with E-state index >= 15 is 0 Å². The molecule has 1 saturated heterocycles. The van der Waals surface area contributed by atoms with Crippen LogP contribution in [0, 0.1) is 0 Å². The molecule has 1 aromatic heterocycles. The molecule has 2 aromatic carbocycles. The Kier molecular flexibility index (Phi) is 6.18. The number of piperidine rings is 1. The topological polar surface area (TPSA) is 102 Å². The molecule has 3 amide bonds. The van der Waals surface area contributed by atoms with Crippen molar-refractivity contribution in [1.29, 1.82) is 0 Å².